The van der Waals surface area contributed by atoms with Crippen molar-refractivity contribution >= 4 is 11.4 Å². The second-order valence-corrected chi connectivity index (χ2v) is 3.66. The second kappa shape index (κ2) is 5.01. The molecular formula is C14H10N4. The molecule has 0 atom stereocenters. The molecule has 86 valence electrons. The number of nitriles is 2. The van der Waals surface area contributed by atoms with Crippen LogP contribution in [0.4, 0.5) is 11.4 Å². The van der Waals surface area contributed by atoms with E-state index in [-0.39, 0.29) is 0 Å². The summed E-state index contributed by atoms with van der Waals surface area (Å²) in [5, 5.41) is 19.3. The number of nitrogens with zero attached hydrogens (tertiary/aromatic N) is 3. The van der Waals surface area contributed by atoms with Crippen molar-refractivity contribution in [2.75, 3.05) is 5.01 Å². The van der Waals surface area contributed by atoms with Gasteiger partial charge in [-0.05, 0) is 30.3 Å². The van der Waals surface area contributed by atoms with Gasteiger partial charge in [-0.3, -0.25) is 5.01 Å². The minimum absolute atomic E-state index is 0.375. The molecule has 0 aromatic heterocycles. The Hall–Kier alpha value is -2.82. The van der Waals surface area contributed by atoms with Crippen LogP contribution in [0.15, 0.2) is 48.5 Å². The van der Waals surface area contributed by atoms with Crippen LogP contribution in [0.3, 0.4) is 0 Å². The maximum absolute atomic E-state index is 9.09. The van der Waals surface area contributed by atoms with E-state index in [1.165, 1.54) is 11.1 Å². The van der Waals surface area contributed by atoms with Gasteiger partial charge in [-0.25, -0.2) is 5.84 Å². The van der Waals surface area contributed by atoms with Crippen molar-refractivity contribution in [1.82, 2.24) is 0 Å². The fourth-order valence-electron chi connectivity index (χ4n) is 1.63. The number of anilines is 2. The number of nitrogens with two attached hydrogens (primary N) is 1. The van der Waals surface area contributed by atoms with E-state index >= 15 is 0 Å². The van der Waals surface area contributed by atoms with Crippen molar-refractivity contribution in [3.05, 3.63) is 59.7 Å². The molecule has 0 amide bonds. The summed E-state index contributed by atoms with van der Waals surface area (Å²) in [6.45, 7) is 0. The predicted molar refractivity (Wildman–Crippen MR) is 68.6 cm³/mol. The zero-order chi connectivity index (χ0) is 13.0. The van der Waals surface area contributed by atoms with Crippen LogP contribution in [-0.4, -0.2) is 0 Å². The Morgan fingerprint density at radius 1 is 0.944 bits per heavy atom. The first-order valence-electron chi connectivity index (χ1n) is 5.30. The van der Waals surface area contributed by atoms with Crippen LogP contribution >= 0.6 is 0 Å². The van der Waals surface area contributed by atoms with Gasteiger partial charge in [0.25, 0.3) is 0 Å². The highest BCUT2D eigenvalue weighted by Gasteiger charge is 2.10. The van der Waals surface area contributed by atoms with Crippen molar-refractivity contribution in [3.63, 3.8) is 0 Å². The summed E-state index contributed by atoms with van der Waals surface area (Å²) in [7, 11) is 0. The van der Waals surface area contributed by atoms with Gasteiger partial charge >= 0.3 is 0 Å². The second-order valence-electron chi connectivity index (χ2n) is 3.66. The van der Waals surface area contributed by atoms with Gasteiger partial charge in [-0.2, -0.15) is 10.5 Å². The smallest absolute Gasteiger partial charge is 0.101 e. The van der Waals surface area contributed by atoms with E-state index in [4.69, 9.17) is 16.4 Å². The standard InChI is InChI=1S/C14H10N4/c15-9-11-6-7-14(12(8-11)10-16)18(17)13-4-2-1-3-5-13/h1-8H,17H2. The van der Waals surface area contributed by atoms with Gasteiger partial charge in [0.05, 0.1) is 28.6 Å². The maximum atomic E-state index is 9.09. The lowest BCUT2D eigenvalue weighted by molar-refractivity contribution is 1.08. The van der Waals surface area contributed by atoms with E-state index in [2.05, 4.69) is 0 Å². The molecule has 2 rings (SSSR count). The fraction of sp³-hybridized carbons (Fsp3) is 0. The van der Waals surface area contributed by atoms with Crippen LogP contribution in [0.25, 0.3) is 0 Å². The Bertz CT molecular complexity index is 635. The average Bonchev–Trinajstić information content (AvgIpc) is 2.46. The van der Waals surface area contributed by atoms with Gasteiger partial charge in [-0.15, -0.1) is 0 Å². The van der Waals surface area contributed by atoms with Crippen LogP contribution < -0.4 is 10.9 Å². The average molecular weight is 234 g/mol. The molecule has 0 unspecified atom stereocenters. The van der Waals surface area contributed by atoms with Crippen molar-refractivity contribution in [2.45, 2.75) is 0 Å². The van der Waals surface area contributed by atoms with Crippen LogP contribution in [0.5, 0.6) is 0 Å². The van der Waals surface area contributed by atoms with Crippen LogP contribution in [-0.2, 0) is 0 Å². The topological polar surface area (TPSA) is 76.8 Å². The zero-order valence-corrected chi connectivity index (χ0v) is 9.54. The van der Waals surface area contributed by atoms with Crippen molar-refractivity contribution in [1.29, 1.82) is 10.5 Å². The Morgan fingerprint density at radius 2 is 1.67 bits per heavy atom. The van der Waals surface area contributed by atoms with E-state index < -0.39 is 0 Å². The number of benzene rings is 2. The van der Waals surface area contributed by atoms with E-state index in [1.54, 1.807) is 12.1 Å². The SMILES string of the molecule is N#Cc1ccc(N(N)c2ccccc2)c(C#N)c1. The number of rotatable bonds is 2. The predicted octanol–water partition coefficient (Wildman–Crippen LogP) is 2.44. The molecule has 0 radical (unpaired) electrons. The summed E-state index contributed by atoms with van der Waals surface area (Å²) >= 11 is 0. The lowest BCUT2D eigenvalue weighted by Crippen LogP contribution is -2.25. The molecule has 0 spiro atoms. The van der Waals surface area contributed by atoms with Crippen LogP contribution in [0.1, 0.15) is 11.1 Å². The molecule has 0 aliphatic rings. The minimum Gasteiger partial charge on any atom is -0.278 e. The summed E-state index contributed by atoms with van der Waals surface area (Å²) < 4.78 is 0. The van der Waals surface area contributed by atoms with Crippen LogP contribution in [0.2, 0.25) is 0 Å². The molecular weight excluding hydrogens is 224 g/mol. The fourth-order valence-corrected chi connectivity index (χ4v) is 1.63. The first kappa shape index (κ1) is 11.7. The molecule has 0 bridgehead atoms. The molecule has 18 heavy (non-hydrogen) atoms. The monoisotopic (exact) mass is 234 g/mol. The van der Waals surface area contributed by atoms with E-state index in [1.807, 2.05) is 42.5 Å². The zero-order valence-electron chi connectivity index (χ0n) is 9.54. The molecule has 0 aliphatic heterocycles. The summed E-state index contributed by atoms with van der Waals surface area (Å²) in [4.78, 5) is 0. The van der Waals surface area contributed by atoms with Gasteiger partial charge in [0.2, 0.25) is 0 Å². The Labute approximate surface area is 105 Å². The molecule has 2 aromatic carbocycles. The van der Waals surface area contributed by atoms with Gasteiger partial charge in [0.1, 0.15) is 6.07 Å². The molecule has 0 saturated heterocycles. The number of para-hydroxylation sites is 1. The highest BCUT2D eigenvalue weighted by molar-refractivity contribution is 5.69. The summed E-state index contributed by atoms with van der Waals surface area (Å²) in [6, 6.07) is 18.2. The third-order valence-electron chi connectivity index (χ3n) is 2.54. The molecule has 2 N–H and O–H groups in total. The first-order valence-corrected chi connectivity index (χ1v) is 5.30. The highest BCUT2D eigenvalue weighted by Crippen LogP contribution is 2.25. The Balaban J connectivity index is 2.47. The van der Waals surface area contributed by atoms with E-state index in [0.717, 1.165) is 5.69 Å². The normalized spacial score (nSPS) is 9.28. The molecule has 0 saturated carbocycles. The summed E-state index contributed by atoms with van der Waals surface area (Å²) in [5.74, 6) is 5.98. The molecule has 4 nitrogen and oxygen atoms in total. The van der Waals surface area contributed by atoms with Crippen molar-refractivity contribution in [2.24, 2.45) is 5.84 Å². The maximum Gasteiger partial charge on any atom is 0.101 e. The minimum atomic E-state index is 0.375. The van der Waals surface area contributed by atoms with Crippen molar-refractivity contribution in [3.8, 4) is 12.1 Å². The molecule has 4 heteroatoms. The number of hydrazine groups is 1. The van der Waals surface area contributed by atoms with Crippen molar-refractivity contribution < 1.29 is 0 Å². The lowest BCUT2D eigenvalue weighted by atomic mass is 10.1. The number of hydrogen-bond acceptors (Lipinski definition) is 4. The van der Waals surface area contributed by atoms with Crippen LogP contribution in [0, 0.1) is 22.7 Å². The molecule has 0 aliphatic carbocycles. The van der Waals surface area contributed by atoms with Gasteiger partial charge < -0.3 is 0 Å². The van der Waals surface area contributed by atoms with E-state index in [0.29, 0.717) is 16.8 Å². The first-order chi connectivity index (χ1) is 8.76. The summed E-state index contributed by atoms with van der Waals surface area (Å²) in [5.41, 5.74) is 2.17. The lowest BCUT2D eigenvalue weighted by Gasteiger charge is -2.19. The van der Waals surface area contributed by atoms with E-state index in [9.17, 15) is 0 Å². The van der Waals surface area contributed by atoms with Gasteiger partial charge in [0.15, 0.2) is 0 Å². The third kappa shape index (κ3) is 2.15. The van der Waals surface area contributed by atoms with Gasteiger partial charge in [-0.1, -0.05) is 18.2 Å². The molecule has 2 aromatic rings. The third-order valence-corrected chi connectivity index (χ3v) is 2.54. The largest absolute Gasteiger partial charge is 0.278 e. The summed E-state index contributed by atoms with van der Waals surface area (Å²) in [6.07, 6.45) is 0. The van der Waals surface area contributed by atoms with Gasteiger partial charge in [0, 0.05) is 0 Å². The quantitative estimate of drug-likeness (QED) is 0.639. The molecule has 0 fully saturated rings. The number of hydrogen-bond donors (Lipinski definition) is 1. The molecule has 0 heterocycles. The Morgan fingerprint density at radius 3 is 2.28 bits per heavy atom. The Kier molecular flexibility index (Phi) is 3.24. The highest BCUT2D eigenvalue weighted by atomic mass is 15.4.